The minimum atomic E-state index is -3.83. The van der Waals surface area contributed by atoms with Gasteiger partial charge in [0.05, 0.1) is 33.8 Å². The van der Waals surface area contributed by atoms with Crippen LogP contribution in [-0.2, 0) is 24.8 Å². The number of ether oxygens (including phenoxy) is 1. The second-order valence-electron chi connectivity index (χ2n) is 9.44. The van der Waals surface area contributed by atoms with E-state index in [-0.39, 0.29) is 30.9 Å². The Morgan fingerprint density at radius 3 is 1.66 bits per heavy atom. The maximum atomic E-state index is 12.8. The van der Waals surface area contributed by atoms with Crippen molar-refractivity contribution in [1.82, 2.24) is 0 Å². The molecule has 0 saturated heterocycles. The number of carbonyl (C=O) groups excluding carboxylic acids is 2. The number of hydrogen-bond donors (Lipinski definition) is 4. The lowest BCUT2D eigenvalue weighted by Gasteiger charge is -2.11. The molecule has 5 rings (SSSR count). The van der Waals surface area contributed by atoms with Gasteiger partial charge in [-0.05, 0) is 71.8 Å². The fraction of sp³-hybridized carbons (Fsp3) is 0.0645. The molecule has 12 nitrogen and oxygen atoms in total. The highest BCUT2D eigenvalue weighted by Crippen LogP contribution is 2.28. The number of anilines is 3. The Kier molecular flexibility index (Phi) is 11.1. The Morgan fingerprint density at radius 1 is 0.681 bits per heavy atom. The molecule has 47 heavy (non-hydrogen) atoms. The van der Waals surface area contributed by atoms with E-state index < -0.39 is 37.9 Å². The van der Waals surface area contributed by atoms with E-state index in [9.17, 15) is 31.2 Å². The van der Waals surface area contributed by atoms with Crippen molar-refractivity contribution in [3.8, 4) is 0 Å². The minimum absolute atomic E-state index is 0.0329. The van der Waals surface area contributed by atoms with Crippen molar-refractivity contribution in [2.24, 2.45) is 0 Å². The Balaban J connectivity index is 0.000000238. The molecule has 0 saturated carbocycles. The van der Waals surface area contributed by atoms with Crippen molar-refractivity contribution in [3.63, 3.8) is 0 Å². The van der Waals surface area contributed by atoms with E-state index in [4.69, 9.17) is 9.84 Å². The van der Waals surface area contributed by atoms with Crippen LogP contribution in [0.1, 0.15) is 35.3 Å². The second kappa shape index (κ2) is 15.0. The van der Waals surface area contributed by atoms with E-state index in [0.717, 1.165) is 28.2 Å². The Labute approximate surface area is 278 Å². The van der Waals surface area contributed by atoms with Crippen LogP contribution in [0.3, 0.4) is 0 Å². The molecule has 5 aromatic rings. The van der Waals surface area contributed by atoms with Crippen LogP contribution in [0.15, 0.2) is 112 Å². The summed E-state index contributed by atoms with van der Waals surface area (Å²) >= 11 is 2.07. The van der Waals surface area contributed by atoms with E-state index in [1.165, 1.54) is 55.0 Å². The van der Waals surface area contributed by atoms with Crippen LogP contribution in [0.4, 0.5) is 17.1 Å². The molecule has 0 bridgehead atoms. The van der Waals surface area contributed by atoms with Crippen LogP contribution in [0, 0.1) is 6.92 Å². The molecule has 0 atom stereocenters. The number of carboxylic acids is 1. The smallest absolute Gasteiger partial charge is 0.348 e. The largest absolute Gasteiger partial charge is 0.477 e. The summed E-state index contributed by atoms with van der Waals surface area (Å²) in [5.41, 5.74) is 1.73. The van der Waals surface area contributed by atoms with E-state index in [2.05, 4.69) is 14.8 Å². The Bertz CT molecular complexity index is 2110. The lowest BCUT2D eigenvalue weighted by molar-refractivity contribution is 0.0599. The summed E-state index contributed by atoms with van der Waals surface area (Å²) < 4.78 is 58.5. The summed E-state index contributed by atoms with van der Waals surface area (Å²) in [6.45, 7) is 1.78. The highest BCUT2D eigenvalue weighted by Gasteiger charge is 2.21. The van der Waals surface area contributed by atoms with Gasteiger partial charge < -0.3 is 15.2 Å². The van der Waals surface area contributed by atoms with E-state index >= 15 is 0 Å². The molecule has 244 valence electrons. The molecule has 16 heteroatoms. The molecule has 0 unspecified atom stereocenters. The second-order valence-corrected chi connectivity index (χ2v) is 14.6. The topological polar surface area (TPSA) is 185 Å². The predicted molar refractivity (Wildman–Crippen MR) is 181 cm³/mol. The van der Waals surface area contributed by atoms with Gasteiger partial charge in [-0.25, -0.2) is 26.4 Å². The van der Waals surface area contributed by atoms with E-state index in [0.29, 0.717) is 11.3 Å². The first-order chi connectivity index (χ1) is 22.3. The number of carbonyl (C=O) groups is 3. The van der Waals surface area contributed by atoms with Crippen molar-refractivity contribution < 1.29 is 41.1 Å². The van der Waals surface area contributed by atoms with E-state index in [1.807, 2.05) is 0 Å². The molecule has 2 aromatic heterocycles. The van der Waals surface area contributed by atoms with Crippen molar-refractivity contribution >= 4 is 77.6 Å². The molecule has 1 amide bonds. The first-order valence-corrected chi connectivity index (χ1v) is 18.1. The number of rotatable bonds is 10. The monoisotopic (exact) mass is 713 g/mol. The van der Waals surface area contributed by atoms with Gasteiger partial charge in [-0.3, -0.25) is 14.2 Å². The van der Waals surface area contributed by atoms with Gasteiger partial charge in [0.1, 0.15) is 9.75 Å². The zero-order chi connectivity index (χ0) is 34.2. The third-order valence-electron chi connectivity index (χ3n) is 6.23. The number of nitrogens with one attached hydrogen (secondary N) is 3. The summed E-state index contributed by atoms with van der Waals surface area (Å²) in [7, 11) is -6.30. The first kappa shape index (κ1) is 34.8. The molecule has 0 aliphatic rings. The molecule has 3 aromatic carbocycles. The van der Waals surface area contributed by atoms with Crippen LogP contribution in [0.25, 0.3) is 0 Å². The first-order valence-electron chi connectivity index (χ1n) is 13.4. The SMILES string of the molecule is COC(=O)c1ccc(C)c(NC(=O)c2sccc2NS(=O)(=O)c2ccccc2)c1.O=C(O)c1sccc1NS(=O)(=O)c1ccccc1. The van der Waals surface area contributed by atoms with Crippen molar-refractivity contribution in [3.05, 3.63) is 123 Å². The van der Waals surface area contributed by atoms with Gasteiger partial charge in [0.15, 0.2) is 0 Å². The molecular weight excluding hydrogens is 687 g/mol. The molecule has 0 fully saturated rings. The summed E-state index contributed by atoms with van der Waals surface area (Å²) in [5, 5.41) is 14.8. The average molecular weight is 714 g/mol. The maximum absolute atomic E-state index is 12.8. The average Bonchev–Trinajstić information content (AvgIpc) is 3.72. The number of esters is 1. The standard InChI is InChI=1S/C20H18N2O5S2.C11H9NO4S2/c1-13-8-9-14(20(24)27-2)12-17(13)21-19(23)18-16(10-11-28-18)22-29(25,26)15-6-4-3-5-7-15;13-11(14)10-9(6-7-17-10)12-18(15,16)8-4-2-1-3-5-8/h3-12,22H,1-2H3,(H,21,23);1-7,12H,(H,13,14). The Hall–Kier alpha value is -5.03. The zero-order valence-electron chi connectivity index (χ0n) is 24.7. The number of aromatic carboxylic acids is 1. The fourth-order valence-corrected chi connectivity index (χ4v) is 7.65. The number of amides is 1. The fourth-order valence-electron chi connectivity index (χ4n) is 3.91. The van der Waals surface area contributed by atoms with Gasteiger partial charge in [0.2, 0.25) is 0 Å². The van der Waals surface area contributed by atoms with Crippen molar-refractivity contribution in [1.29, 1.82) is 0 Å². The number of methoxy groups -OCH3 is 1. The highest BCUT2D eigenvalue weighted by molar-refractivity contribution is 7.93. The number of carboxylic acid groups (broad SMARTS) is 1. The third kappa shape index (κ3) is 8.82. The van der Waals surface area contributed by atoms with Crippen LogP contribution >= 0.6 is 22.7 Å². The lowest BCUT2D eigenvalue weighted by atomic mass is 10.1. The molecule has 2 heterocycles. The van der Waals surface area contributed by atoms with Gasteiger partial charge in [0, 0.05) is 5.69 Å². The van der Waals surface area contributed by atoms with Crippen molar-refractivity contribution in [2.45, 2.75) is 16.7 Å². The number of aryl methyl sites for hydroxylation is 1. The summed E-state index contributed by atoms with van der Waals surface area (Å²) in [6, 6.07) is 23.4. The van der Waals surface area contributed by atoms with Crippen LogP contribution < -0.4 is 14.8 Å². The number of thiophene rings is 2. The Morgan fingerprint density at radius 2 is 1.17 bits per heavy atom. The quantitative estimate of drug-likeness (QED) is 0.123. The van der Waals surface area contributed by atoms with Gasteiger partial charge in [-0.1, -0.05) is 42.5 Å². The highest BCUT2D eigenvalue weighted by atomic mass is 32.2. The number of benzene rings is 3. The summed E-state index contributed by atoms with van der Waals surface area (Å²) in [6.07, 6.45) is 0. The van der Waals surface area contributed by atoms with Gasteiger partial charge in [-0.15, -0.1) is 22.7 Å². The normalized spacial score (nSPS) is 11.0. The maximum Gasteiger partial charge on any atom is 0.348 e. The number of sulfonamides is 2. The summed E-state index contributed by atoms with van der Waals surface area (Å²) in [5.74, 6) is -2.17. The van der Waals surface area contributed by atoms with Gasteiger partial charge in [-0.2, -0.15) is 0 Å². The summed E-state index contributed by atoms with van der Waals surface area (Å²) in [4.78, 5) is 35.7. The molecule has 0 spiro atoms. The van der Waals surface area contributed by atoms with Gasteiger partial charge >= 0.3 is 11.9 Å². The minimum Gasteiger partial charge on any atom is -0.477 e. The predicted octanol–water partition coefficient (Wildman–Crippen LogP) is 6.14. The van der Waals surface area contributed by atoms with E-state index in [1.54, 1.807) is 60.8 Å². The van der Waals surface area contributed by atoms with Crippen molar-refractivity contribution in [2.75, 3.05) is 21.9 Å². The van der Waals surface area contributed by atoms with Crippen LogP contribution in [0.2, 0.25) is 0 Å². The molecular formula is C31H27N3O9S4. The number of hydrogen-bond acceptors (Lipinski definition) is 10. The van der Waals surface area contributed by atoms with Crippen LogP contribution in [0.5, 0.6) is 0 Å². The van der Waals surface area contributed by atoms with Crippen LogP contribution in [-0.4, -0.2) is 46.9 Å². The molecule has 0 aliphatic heterocycles. The molecule has 4 N–H and O–H groups in total. The lowest BCUT2D eigenvalue weighted by Crippen LogP contribution is -2.17. The van der Waals surface area contributed by atoms with Gasteiger partial charge in [0.25, 0.3) is 26.0 Å². The third-order valence-corrected chi connectivity index (χ3v) is 10.8. The molecule has 0 radical (unpaired) electrons. The molecule has 0 aliphatic carbocycles. The zero-order valence-corrected chi connectivity index (χ0v) is 27.9.